The number of amides is 1. The van der Waals surface area contributed by atoms with Crippen LogP contribution in [0, 0.1) is 9.39 Å². The van der Waals surface area contributed by atoms with Crippen LogP contribution in [0.25, 0.3) is 0 Å². The lowest BCUT2D eigenvalue weighted by atomic mass is 10.2. The Bertz CT molecular complexity index is 1240. The van der Waals surface area contributed by atoms with E-state index in [2.05, 4.69) is 27.9 Å². The number of nitrogens with zero attached hydrogens (tertiary/aromatic N) is 1. The molecule has 1 atom stereocenters. The van der Waals surface area contributed by atoms with Crippen molar-refractivity contribution in [3.8, 4) is 0 Å². The summed E-state index contributed by atoms with van der Waals surface area (Å²) in [6.45, 7) is 1.57. The van der Waals surface area contributed by atoms with Gasteiger partial charge in [-0.05, 0) is 89.7 Å². The number of anilines is 1. The second-order valence-corrected chi connectivity index (χ2v) is 10.8. The van der Waals surface area contributed by atoms with E-state index in [1.54, 1.807) is 0 Å². The zero-order valence-electron chi connectivity index (χ0n) is 16.7. The summed E-state index contributed by atoms with van der Waals surface area (Å²) < 4.78 is 43.4. The van der Waals surface area contributed by atoms with Crippen molar-refractivity contribution in [1.29, 1.82) is 0 Å². The van der Waals surface area contributed by atoms with Crippen LogP contribution >= 0.6 is 45.8 Å². The molecule has 0 bridgehead atoms. The third-order valence-corrected chi connectivity index (χ3v) is 7.66. The molecule has 0 fully saturated rings. The highest BCUT2D eigenvalue weighted by Crippen LogP contribution is 2.31. The molecular formula is C22H18Cl2FIN2O3S. The molecule has 0 unspecified atom stereocenters. The van der Waals surface area contributed by atoms with E-state index in [1.807, 2.05) is 24.3 Å². The fourth-order valence-corrected chi connectivity index (χ4v) is 5.53. The summed E-state index contributed by atoms with van der Waals surface area (Å²) in [5, 5.41) is 3.19. The fraction of sp³-hybridized carbons (Fsp3) is 0.136. The minimum absolute atomic E-state index is 0.129. The highest BCUT2D eigenvalue weighted by molar-refractivity contribution is 14.1. The SMILES string of the molecule is C[C@H](C(=O)NCc1cccc(I)c1)N(c1cc(Cl)ccc1F)S(=O)(=O)c1ccc(Cl)cc1. The first-order valence-corrected chi connectivity index (χ1v) is 12.6. The average molecular weight is 607 g/mol. The van der Waals surface area contributed by atoms with Crippen LogP contribution in [0.5, 0.6) is 0 Å². The molecule has 0 aliphatic heterocycles. The van der Waals surface area contributed by atoms with Gasteiger partial charge in [-0.25, -0.2) is 12.8 Å². The van der Waals surface area contributed by atoms with Crippen LogP contribution in [-0.4, -0.2) is 20.4 Å². The van der Waals surface area contributed by atoms with Crippen molar-refractivity contribution >= 4 is 67.4 Å². The van der Waals surface area contributed by atoms with Crippen molar-refractivity contribution < 1.29 is 17.6 Å². The Labute approximate surface area is 209 Å². The van der Waals surface area contributed by atoms with Gasteiger partial charge in [-0.2, -0.15) is 0 Å². The predicted octanol–water partition coefficient (Wildman–Crippen LogP) is 5.64. The Balaban J connectivity index is 1.99. The van der Waals surface area contributed by atoms with Gasteiger partial charge in [-0.3, -0.25) is 9.10 Å². The van der Waals surface area contributed by atoms with E-state index in [9.17, 15) is 17.6 Å². The number of carbonyl (C=O) groups excluding carboxylic acids is 1. The zero-order valence-corrected chi connectivity index (χ0v) is 21.2. The molecule has 0 aliphatic rings. The molecule has 0 saturated carbocycles. The molecular weight excluding hydrogens is 589 g/mol. The maximum Gasteiger partial charge on any atom is 0.265 e. The van der Waals surface area contributed by atoms with Gasteiger partial charge in [0.15, 0.2) is 0 Å². The molecule has 3 aromatic carbocycles. The number of halogens is 4. The summed E-state index contributed by atoms with van der Waals surface area (Å²) in [4.78, 5) is 12.8. The van der Waals surface area contributed by atoms with E-state index >= 15 is 0 Å². The van der Waals surface area contributed by atoms with E-state index < -0.39 is 27.8 Å². The Morgan fingerprint density at radius 1 is 1.06 bits per heavy atom. The average Bonchev–Trinajstić information content (AvgIpc) is 2.74. The van der Waals surface area contributed by atoms with Gasteiger partial charge in [0.2, 0.25) is 5.91 Å². The molecule has 32 heavy (non-hydrogen) atoms. The zero-order chi connectivity index (χ0) is 23.5. The molecule has 0 heterocycles. The third kappa shape index (κ3) is 5.72. The first-order valence-electron chi connectivity index (χ1n) is 9.37. The summed E-state index contributed by atoms with van der Waals surface area (Å²) in [6.07, 6.45) is 0. The number of hydrogen-bond donors (Lipinski definition) is 1. The van der Waals surface area contributed by atoms with Crippen molar-refractivity contribution in [3.05, 3.63) is 91.7 Å². The second-order valence-electron chi connectivity index (χ2n) is 6.87. The second kappa shape index (κ2) is 10.4. The van der Waals surface area contributed by atoms with Crippen LogP contribution in [-0.2, 0) is 21.4 Å². The molecule has 0 radical (unpaired) electrons. The minimum Gasteiger partial charge on any atom is -0.350 e. The van der Waals surface area contributed by atoms with Gasteiger partial charge >= 0.3 is 0 Å². The standard InChI is InChI=1S/C22H18Cl2FIN2O3S/c1-14(22(29)27-13-15-3-2-4-18(26)11-15)28(21-12-17(24)7-10-20(21)25)32(30,31)19-8-5-16(23)6-9-19/h2-12,14H,13H2,1H3,(H,27,29)/t14-/m1/s1. The molecule has 168 valence electrons. The molecule has 10 heteroatoms. The molecule has 3 rings (SSSR count). The van der Waals surface area contributed by atoms with Gasteiger partial charge < -0.3 is 5.32 Å². The summed E-state index contributed by atoms with van der Waals surface area (Å²) >= 11 is 14.0. The number of benzene rings is 3. The number of rotatable bonds is 7. The smallest absolute Gasteiger partial charge is 0.265 e. The lowest BCUT2D eigenvalue weighted by Crippen LogP contribution is -2.48. The minimum atomic E-state index is -4.33. The third-order valence-electron chi connectivity index (χ3n) is 4.60. The van der Waals surface area contributed by atoms with Gasteiger partial charge in [-0.15, -0.1) is 0 Å². The van der Waals surface area contributed by atoms with Crippen LogP contribution in [0.1, 0.15) is 12.5 Å². The summed E-state index contributed by atoms with van der Waals surface area (Å²) in [7, 11) is -4.33. The Morgan fingerprint density at radius 3 is 2.38 bits per heavy atom. The van der Waals surface area contributed by atoms with Crippen LogP contribution in [0.4, 0.5) is 10.1 Å². The lowest BCUT2D eigenvalue weighted by Gasteiger charge is -2.30. The van der Waals surface area contributed by atoms with Crippen molar-refractivity contribution in [1.82, 2.24) is 5.32 Å². The van der Waals surface area contributed by atoms with E-state index in [-0.39, 0.29) is 22.2 Å². The highest BCUT2D eigenvalue weighted by Gasteiger charge is 2.35. The van der Waals surface area contributed by atoms with E-state index in [0.717, 1.165) is 19.5 Å². The quantitative estimate of drug-likeness (QED) is 0.354. The lowest BCUT2D eigenvalue weighted by molar-refractivity contribution is -0.122. The van der Waals surface area contributed by atoms with Gasteiger partial charge in [0, 0.05) is 20.2 Å². The van der Waals surface area contributed by atoms with Crippen LogP contribution in [0.2, 0.25) is 10.0 Å². The van der Waals surface area contributed by atoms with E-state index in [1.165, 1.54) is 43.3 Å². The number of nitrogens with one attached hydrogen (secondary N) is 1. The number of hydrogen-bond acceptors (Lipinski definition) is 3. The molecule has 0 saturated heterocycles. The monoisotopic (exact) mass is 606 g/mol. The predicted molar refractivity (Wildman–Crippen MR) is 133 cm³/mol. The molecule has 5 nitrogen and oxygen atoms in total. The summed E-state index contributed by atoms with van der Waals surface area (Å²) in [5.74, 6) is -1.43. The van der Waals surface area contributed by atoms with Crippen molar-refractivity contribution in [2.75, 3.05) is 4.31 Å². The molecule has 1 N–H and O–H groups in total. The Hall–Kier alpha value is -1.88. The topological polar surface area (TPSA) is 66.5 Å². The van der Waals surface area contributed by atoms with Crippen LogP contribution < -0.4 is 9.62 Å². The first kappa shape index (κ1) is 24.8. The number of carbonyl (C=O) groups is 1. The summed E-state index contributed by atoms with van der Waals surface area (Å²) in [5.41, 5.74) is 0.517. The summed E-state index contributed by atoms with van der Waals surface area (Å²) in [6, 6.07) is 15.2. The van der Waals surface area contributed by atoms with E-state index in [4.69, 9.17) is 23.2 Å². The van der Waals surface area contributed by atoms with Crippen molar-refractivity contribution in [2.45, 2.75) is 24.4 Å². The van der Waals surface area contributed by atoms with Gasteiger partial charge in [0.1, 0.15) is 11.9 Å². The molecule has 3 aromatic rings. The molecule has 0 aromatic heterocycles. The fourth-order valence-electron chi connectivity index (χ4n) is 3.01. The van der Waals surface area contributed by atoms with Crippen molar-refractivity contribution in [2.24, 2.45) is 0 Å². The van der Waals surface area contributed by atoms with Gasteiger partial charge in [0.05, 0.1) is 10.6 Å². The maximum absolute atomic E-state index is 14.7. The van der Waals surface area contributed by atoms with Crippen molar-refractivity contribution in [3.63, 3.8) is 0 Å². The van der Waals surface area contributed by atoms with E-state index in [0.29, 0.717) is 5.02 Å². The molecule has 0 spiro atoms. The van der Waals surface area contributed by atoms with Crippen LogP contribution in [0.3, 0.4) is 0 Å². The number of sulfonamides is 1. The largest absolute Gasteiger partial charge is 0.350 e. The van der Waals surface area contributed by atoms with Gasteiger partial charge in [0.25, 0.3) is 10.0 Å². The van der Waals surface area contributed by atoms with Gasteiger partial charge in [-0.1, -0.05) is 35.3 Å². The Kier molecular flexibility index (Phi) is 8.02. The molecule has 0 aliphatic carbocycles. The normalized spacial score (nSPS) is 12.3. The highest BCUT2D eigenvalue weighted by atomic mass is 127. The first-order chi connectivity index (χ1) is 15.1. The maximum atomic E-state index is 14.7. The Morgan fingerprint density at radius 2 is 1.72 bits per heavy atom. The van der Waals surface area contributed by atoms with Crippen LogP contribution in [0.15, 0.2) is 71.6 Å². The molecule has 1 amide bonds.